The molecule has 25 heavy (non-hydrogen) atoms. The van der Waals surface area contributed by atoms with E-state index < -0.39 is 0 Å². The molecule has 0 spiro atoms. The lowest BCUT2D eigenvalue weighted by molar-refractivity contribution is 0.102. The SMILES string of the molecule is Cc1cccc(C(=O)Nc2cc(C)nc3c2ccc2ccccc23)c1. The predicted octanol–water partition coefficient (Wildman–Crippen LogP) is 5.26. The Bertz CT molecular complexity index is 1120. The molecule has 3 heteroatoms. The molecule has 0 radical (unpaired) electrons. The molecule has 122 valence electrons. The van der Waals surface area contributed by atoms with Crippen LogP contribution in [0.5, 0.6) is 0 Å². The zero-order valence-electron chi connectivity index (χ0n) is 14.2. The lowest BCUT2D eigenvalue weighted by Crippen LogP contribution is -2.12. The summed E-state index contributed by atoms with van der Waals surface area (Å²) in [6.45, 7) is 3.93. The molecule has 4 rings (SSSR count). The number of carbonyl (C=O) groups is 1. The van der Waals surface area contributed by atoms with Crippen LogP contribution in [0.4, 0.5) is 5.69 Å². The van der Waals surface area contributed by atoms with Crippen molar-refractivity contribution in [3.05, 3.63) is 83.6 Å². The molecule has 3 nitrogen and oxygen atoms in total. The molecule has 0 fully saturated rings. The van der Waals surface area contributed by atoms with Crippen LogP contribution in [0.1, 0.15) is 21.6 Å². The van der Waals surface area contributed by atoms with Crippen LogP contribution in [-0.4, -0.2) is 10.9 Å². The molecule has 0 atom stereocenters. The van der Waals surface area contributed by atoms with Crippen molar-refractivity contribution in [1.82, 2.24) is 4.98 Å². The number of nitrogens with zero attached hydrogens (tertiary/aromatic N) is 1. The fraction of sp³-hybridized carbons (Fsp3) is 0.0909. The number of hydrogen-bond donors (Lipinski definition) is 1. The van der Waals surface area contributed by atoms with Crippen LogP contribution in [-0.2, 0) is 0 Å². The predicted molar refractivity (Wildman–Crippen MR) is 103 cm³/mol. The highest BCUT2D eigenvalue weighted by Crippen LogP contribution is 2.30. The summed E-state index contributed by atoms with van der Waals surface area (Å²) in [7, 11) is 0. The van der Waals surface area contributed by atoms with Gasteiger partial charge in [0.15, 0.2) is 0 Å². The van der Waals surface area contributed by atoms with Crippen molar-refractivity contribution in [3.8, 4) is 0 Å². The summed E-state index contributed by atoms with van der Waals surface area (Å²) in [6, 6.07) is 21.8. The Labute approximate surface area is 146 Å². The topological polar surface area (TPSA) is 42.0 Å². The Kier molecular flexibility index (Phi) is 3.69. The molecule has 1 N–H and O–H groups in total. The van der Waals surface area contributed by atoms with E-state index in [0.717, 1.165) is 38.6 Å². The van der Waals surface area contributed by atoms with E-state index in [9.17, 15) is 4.79 Å². The van der Waals surface area contributed by atoms with Crippen molar-refractivity contribution in [2.75, 3.05) is 5.32 Å². The molecule has 0 aliphatic carbocycles. The van der Waals surface area contributed by atoms with Crippen molar-refractivity contribution in [2.24, 2.45) is 0 Å². The van der Waals surface area contributed by atoms with E-state index in [0.29, 0.717) is 5.56 Å². The smallest absolute Gasteiger partial charge is 0.255 e. The molecular formula is C22H18N2O. The first-order valence-corrected chi connectivity index (χ1v) is 8.29. The van der Waals surface area contributed by atoms with E-state index in [1.807, 2.05) is 62.4 Å². The van der Waals surface area contributed by atoms with Gasteiger partial charge in [0.05, 0.1) is 11.2 Å². The molecule has 0 aliphatic heterocycles. The summed E-state index contributed by atoms with van der Waals surface area (Å²) in [6.07, 6.45) is 0. The average Bonchev–Trinajstić information content (AvgIpc) is 2.61. The average molecular weight is 326 g/mol. The van der Waals surface area contributed by atoms with Crippen LogP contribution in [0.15, 0.2) is 66.7 Å². The molecule has 4 aromatic rings. The number of carbonyl (C=O) groups excluding carboxylic acids is 1. The van der Waals surface area contributed by atoms with Gasteiger partial charge in [0.2, 0.25) is 0 Å². The highest BCUT2D eigenvalue weighted by atomic mass is 16.1. The first kappa shape index (κ1) is 15.3. The van der Waals surface area contributed by atoms with E-state index in [-0.39, 0.29) is 5.91 Å². The van der Waals surface area contributed by atoms with Crippen LogP contribution >= 0.6 is 0 Å². The molecule has 0 saturated heterocycles. The van der Waals surface area contributed by atoms with Crippen LogP contribution < -0.4 is 5.32 Å². The minimum atomic E-state index is -0.108. The fourth-order valence-corrected chi connectivity index (χ4v) is 3.17. The van der Waals surface area contributed by atoms with Crippen LogP contribution in [0.2, 0.25) is 0 Å². The van der Waals surface area contributed by atoms with Gasteiger partial charge in [-0.1, -0.05) is 54.1 Å². The largest absolute Gasteiger partial charge is 0.321 e. The quantitative estimate of drug-likeness (QED) is 0.511. The van der Waals surface area contributed by atoms with Crippen molar-refractivity contribution in [2.45, 2.75) is 13.8 Å². The van der Waals surface area contributed by atoms with Gasteiger partial charge in [-0.25, -0.2) is 0 Å². The van der Waals surface area contributed by atoms with Gasteiger partial charge >= 0.3 is 0 Å². The maximum absolute atomic E-state index is 12.7. The third-order valence-electron chi connectivity index (χ3n) is 4.36. The highest BCUT2D eigenvalue weighted by molar-refractivity contribution is 6.13. The van der Waals surface area contributed by atoms with E-state index in [4.69, 9.17) is 4.98 Å². The van der Waals surface area contributed by atoms with Crippen molar-refractivity contribution in [1.29, 1.82) is 0 Å². The van der Waals surface area contributed by atoms with E-state index >= 15 is 0 Å². The number of aromatic nitrogens is 1. The monoisotopic (exact) mass is 326 g/mol. The van der Waals surface area contributed by atoms with E-state index in [1.165, 1.54) is 0 Å². The number of nitrogens with one attached hydrogen (secondary N) is 1. The Morgan fingerprint density at radius 2 is 1.72 bits per heavy atom. The van der Waals surface area contributed by atoms with Gasteiger partial charge in [0.25, 0.3) is 5.91 Å². The molecule has 1 aromatic heterocycles. The van der Waals surface area contributed by atoms with Crippen LogP contribution in [0.25, 0.3) is 21.7 Å². The summed E-state index contributed by atoms with van der Waals surface area (Å²) in [5.41, 5.74) is 4.30. The Balaban J connectivity index is 1.84. The lowest BCUT2D eigenvalue weighted by atomic mass is 10.0. The number of amides is 1. The normalized spacial score (nSPS) is 11.0. The Morgan fingerprint density at radius 1 is 0.880 bits per heavy atom. The first-order valence-electron chi connectivity index (χ1n) is 8.29. The Hall–Kier alpha value is -3.20. The molecule has 1 heterocycles. The minimum Gasteiger partial charge on any atom is -0.321 e. The number of fused-ring (bicyclic) bond motifs is 3. The van der Waals surface area contributed by atoms with Gasteiger partial charge in [-0.2, -0.15) is 0 Å². The first-order chi connectivity index (χ1) is 12.1. The van der Waals surface area contributed by atoms with Crippen molar-refractivity contribution >= 4 is 33.3 Å². The summed E-state index contributed by atoms with van der Waals surface area (Å²) < 4.78 is 0. The molecule has 0 aliphatic rings. The second-order valence-electron chi connectivity index (χ2n) is 6.32. The summed E-state index contributed by atoms with van der Waals surface area (Å²) >= 11 is 0. The zero-order valence-corrected chi connectivity index (χ0v) is 14.2. The zero-order chi connectivity index (χ0) is 17.4. The number of rotatable bonds is 2. The van der Waals surface area contributed by atoms with E-state index in [1.54, 1.807) is 0 Å². The number of aryl methyl sites for hydroxylation is 2. The van der Waals surface area contributed by atoms with Gasteiger partial charge in [-0.3, -0.25) is 9.78 Å². The van der Waals surface area contributed by atoms with Gasteiger partial charge in [0, 0.05) is 22.0 Å². The molecule has 0 bridgehead atoms. The maximum Gasteiger partial charge on any atom is 0.255 e. The number of anilines is 1. The van der Waals surface area contributed by atoms with Crippen LogP contribution in [0, 0.1) is 13.8 Å². The molecular weight excluding hydrogens is 308 g/mol. The number of benzene rings is 3. The van der Waals surface area contributed by atoms with Crippen molar-refractivity contribution in [3.63, 3.8) is 0 Å². The maximum atomic E-state index is 12.7. The lowest BCUT2D eigenvalue weighted by Gasteiger charge is -2.12. The number of hydrogen-bond acceptors (Lipinski definition) is 2. The molecule has 1 amide bonds. The van der Waals surface area contributed by atoms with Crippen molar-refractivity contribution < 1.29 is 4.79 Å². The summed E-state index contributed by atoms with van der Waals surface area (Å²) in [5.74, 6) is -0.108. The molecule has 0 unspecified atom stereocenters. The fourth-order valence-electron chi connectivity index (χ4n) is 3.17. The second-order valence-corrected chi connectivity index (χ2v) is 6.32. The summed E-state index contributed by atoms with van der Waals surface area (Å²) in [5, 5.41) is 6.24. The van der Waals surface area contributed by atoms with Gasteiger partial charge in [0.1, 0.15) is 0 Å². The molecule has 3 aromatic carbocycles. The molecule has 0 saturated carbocycles. The highest BCUT2D eigenvalue weighted by Gasteiger charge is 2.11. The van der Waals surface area contributed by atoms with Crippen LogP contribution in [0.3, 0.4) is 0 Å². The van der Waals surface area contributed by atoms with Gasteiger partial charge in [-0.15, -0.1) is 0 Å². The second kappa shape index (κ2) is 6.02. The third-order valence-corrected chi connectivity index (χ3v) is 4.36. The van der Waals surface area contributed by atoms with E-state index in [2.05, 4.69) is 23.5 Å². The van der Waals surface area contributed by atoms with Gasteiger partial charge in [-0.05, 0) is 37.4 Å². The minimum absolute atomic E-state index is 0.108. The Morgan fingerprint density at radius 3 is 2.56 bits per heavy atom. The summed E-state index contributed by atoms with van der Waals surface area (Å²) in [4.78, 5) is 17.4. The standard InChI is InChI=1S/C22H18N2O/c1-14-6-5-8-17(12-14)22(25)24-20-13-15(2)23-21-18-9-4-3-7-16(18)10-11-19(20)21/h3-13H,1-2H3,(H,23,24,25). The van der Waals surface area contributed by atoms with Gasteiger partial charge < -0.3 is 5.32 Å². The number of pyridine rings is 1. The third kappa shape index (κ3) is 2.85.